The Morgan fingerprint density at radius 1 is 1.32 bits per heavy atom. The van der Waals surface area contributed by atoms with Gasteiger partial charge < -0.3 is 10.0 Å². The average Bonchev–Trinajstić information content (AvgIpc) is 3.26. The van der Waals surface area contributed by atoms with Gasteiger partial charge in [0.05, 0.1) is 16.8 Å². The third-order valence-corrected chi connectivity index (χ3v) is 5.97. The van der Waals surface area contributed by atoms with Crippen molar-refractivity contribution < 1.29 is 9.90 Å². The zero-order valence-electron chi connectivity index (χ0n) is 16.0. The van der Waals surface area contributed by atoms with Crippen molar-refractivity contribution in [1.29, 1.82) is 0 Å². The number of aromatic carboxylic acids is 1. The molecule has 1 aromatic carbocycles. The first kappa shape index (κ1) is 18.4. The van der Waals surface area contributed by atoms with Crippen LogP contribution in [0.2, 0.25) is 0 Å². The number of carboxylic acids is 1. The van der Waals surface area contributed by atoms with Crippen LogP contribution in [-0.2, 0) is 6.54 Å². The molecule has 3 aromatic rings. The number of carbonyl (C=O) groups is 1. The molecule has 0 unspecified atom stereocenters. The van der Waals surface area contributed by atoms with Crippen molar-refractivity contribution in [1.82, 2.24) is 14.8 Å². The smallest absolute Gasteiger partial charge is 0.356 e. The average molecular weight is 395 g/mol. The summed E-state index contributed by atoms with van der Waals surface area (Å²) in [6.45, 7) is 10.3. The summed E-state index contributed by atoms with van der Waals surface area (Å²) in [4.78, 5) is 18.5. The molecule has 0 amide bonds. The van der Waals surface area contributed by atoms with E-state index in [2.05, 4.69) is 40.9 Å². The summed E-state index contributed by atoms with van der Waals surface area (Å²) in [5.74, 6) is -1.02. The lowest BCUT2D eigenvalue weighted by Gasteiger charge is -2.22. The number of anilines is 1. The van der Waals surface area contributed by atoms with E-state index >= 15 is 0 Å². The van der Waals surface area contributed by atoms with E-state index in [0.717, 1.165) is 57.3 Å². The molecule has 0 saturated carbocycles. The third kappa shape index (κ3) is 3.45. The maximum atomic E-state index is 11.2. The van der Waals surface area contributed by atoms with Crippen LogP contribution in [-0.4, -0.2) is 38.9 Å². The number of benzene rings is 1. The Hall–Kier alpha value is -2.93. The molecule has 1 aliphatic rings. The molecule has 0 atom stereocenters. The molecular weight excluding hydrogens is 372 g/mol. The fourth-order valence-electron chi connectivity index (χ4n) is 3.34. The van der Waals surface area contributed by atoms with Gasteiger partial charge in [-0.3, -0.25) is 4.68 Å². The van der Waals surface area contributed by atoms with E-state index in [1.165, 1.54) is 0 Å². The van der Waals surface area contributed by atoms with Gasteiger partial charge in [-0.2, -0.15) is 5.10 Å². The Morgan fingerprint density at radius 3 is 2.79 bits per heavy atom. The summed E-state index contributed by atoms with van der Waals surface area (Å²) in [6.07, 6.45) is 5.41. The summed E-state index contributed by atoms with van der Waals surface area (Å²) in [5, 5.41) is 14.5. The quantitative estimate of drug-likeness (QED) is 0.652. The highest BCUT2D eigenvalue weighted by Crippen LogP contribution is 2.34. The van der Waals surface area contributed by atoms with Gasteiger partial charge in [0, 0.05) is 24.3 Å². The number of thiazole rings is 1. The van der Waals surface area contributed by atoms with Crippen LogP contribution < -0.4 is 4.90 Å². The van der Waals surface area contributed by atoms with E-state index in [-0.39, 0.29) is 5.69 Å². The minimum absolute atomic E-state index is 0.0591. The Labute approximate surface area is 167 Å². The van der Waals surface area contributed by atoms with Gasteiger partial charge in [0.2, 0.25) is 0 Å². The van der Waals surface area contributed by atoms with Gasteiger partial charge in [-0.1, -0.05) is 35.6 Å². The molecule has 28 heavy (non-hydrogen) atoms. The summed E-state index contributed by atoms with van der Waals surface area (Å²) in [7, 11) is 0. The van der Waals surface area contributed by atoms with Crippen molar-refractivity contribution in [2.24, 2.45) is 0 Å². The fourth-order valence-corrected chi connectivity index (χ4v) is 4.43. The molecule has 6 nitrogen and oxygen atoms in total. The molecule has 7 heteroatoms. The first-order valence-corrected chi connectivity index (χ1v) is 10.0. The number of hydrogen-bond donors (Lipinski definition) is 1. The summed E-state index contributed by atoms with van der Waals surface area (Å²) in [6, 6.07) is 5.82. The summed E-state index contributed by atoms with van der Waals surface area (Å²) >= 11 is 1.69. The lowest BCUT2D eigenvalue weighted by molar-refractivity contribution is 0.0689. The molecule has 3 heterocycles. The number of carboxylic acid groups (broad SMARTS) is 1. The zero-order chi connectivity index (χ0) is 19.8. The van der Waals surface area contributed by atoms with Crippen molar-refractivity contribution in [3.63, 3.8) is 0 Å². The van der Waals surface area contributed by atoms with Crippen molar-refractivity contribution in [2.45, 2.75) is 26.8 Å². The molecule has 0 aliphatic carbocycles. The summed E-state index contributed by atoms with van der Waals surface area (Å²) in [5.41, 5.74) is 4.90. The lowest BCUT2D eigenvalue weighted by Crippen LogP contribution is -2.26. The fraction of sp³-hybridized carbons (Fsp3) is 0.286. The van der Waals surface area contributed by atoms with E-state index < -0.39 is 5.97 Å². The molecule has 0 spiro atoms. The topological polar surface area (TPSA) is 71.2 Å². The SMILES string of the molecule is C=C(C)c1cc(Cn2nc(C(=O)O)cc2C)c2nc(N3CC=CCC3)sc2c1. The molecule has 1 aliphatic heterocycles. The van der Waals surface area contributed by atoms with E-state index in [4.69, 9.17) is 4.98 Å². The molecule has 4 rings (SSSR count). The van der Waals surface area contributed by atoms with E-state index in [1.807, 2.05) is 13.8 Å². The molecule has 2 aromatic heterocycles. The maximum Gasteiger partial charge on any atom is 0.356 e. The van der Waals surface area contributed by atoms with Crippen LogP contribution in [0.15, 0.2) is 36.9 Å². The number of fused-ring (bicyclic) bond motifs is 1. The second-order valence-corrected chi connectivity index (χ2v) is 8.11. The molecule has 0 bridgehead atoms. The van der Waals surface area contributed by atoms with Crippen LogP contribution in [0.5, 0.6) is 0 Å². The molecule has 1 N–H and O–H groups in total. The van der Waals surface area contributed by atoms with Gasteiger partial charge in [0.25, 0.3) is 0 Å². The normalized spacial score (nSPS) is 14.0. The minimum Gasteiger partial charge on any atom is -0.476 e. The number of nitrogens with zero attached hydrogens (tertiary/aromatic N) is 4. The van der Waals surface area contributed by atoms with Crippen molar-refractivity contribution in [2.75, 3.05) is 18.0 Å². The monoisotopic (exact) mass is 394 g/mol. The first-order valence-electron chi connectivity index (χ1n) is 9.19. The highest BCUT2D eigenvalue weighted by molar-refractivity contribution is 7.22. The van der Waals surface area contributed by atoms with Gasteiger partial charge in [-0.15, -0.1) is 0 Å². The Kier molecular flexibility index (Phi) is 4.77. The van der Waals surface area contributed by atoms with Crippen LogP contribution in [0, 0.1) is 6.92 Å². The van der Waals surface area contributed by atoms with Crippen LogP contribution in [0.25, 0.3) is 15.8 Å². The van der Waals surface area contributed by atoms with Gasteiger partial charge in [-0.05, 0) is 44.0 Å². The molecular formula is C21H22N4O2S. The molecule has 144 valence electrons. The number of aryl methyl sites for hydroxylation is 1. The number of hydrogen-bond acceptors (Lipinski definition) is 5. The van der Waals surface area contributed by atoms with Crippen LogP contribution >= 0.6 is 11.3 Å². The van der Waals surface area contributed by atoms with Crippen LogP contribution in [0.4, 0.5) is 5.13 Å². The predicted molar refractivity (Wildman–Crippen MR) is 113 cm³/mol. The summed E-state index contributed by atoms with van der Waals surface area (Å²) < 4.78 is 2.84. The Balaban J connectivity index is 1.79. The number of allylic oxidation sites excluding steroid dienone is 1. The first-order chi connectivity index (χ1) is 13.4. The van der Waals surface area contributed by atoms with Crippen molar-refractivity contribution >= 4 is 38.2 Å². The second kappa shape index (κ2) is 7.24. The van der Waals surface area contributed by atoms with E-state index in [1.54, 1.807) is 22.1 Å². The van der Waals surface area contributed by atoms with Crippen molar-refractivity contribution in [3.8, 4) is 0 Å². The lowest BCUT2D eigenvalue weighted by atomic mass is 10.0. The largest absolute Gasteiger partial charge is 0.476 e. The van der Waals surface area contributed by atoms with Gasteiger partial charge in [0.15, 0.2) is 10.8 Å². The van der Waals surface area contributed by atoms with Gasteiger partial charge in [0.1, 0.15) is 0 Å². The van der Waals surface area contributed by atoms with Crippen LogP contribution in [0.3, 0.4) is 0 Å². The van der Waals surface area contributed by atoms with E-state index in [0.29, 0.717) is 6.54 Å². The van der Waals surface area contributed by atoms with Crippen LogP contribution in [0.1, 0.15) is 40.7 Å². The predicted octanol–water partition coefficient (Wildman–Crippen LogP) is 4.35. The number of aromatic nitrogens is 3. The Bertz CT molecular complexity index is 1110. The third-order valence-electron chi connectivity index (χ3n) is 4.90. The molecule has 0 fully saturated rings. The van der Waals surface area contributed by atoms with E-state index in [9.17, 15) is 9.90 Å². The molecule has 0 saturated heterocycles. The number of rotatable bonds is 5. The Morgan fingerprint density at radius 2 is 2.14 bits per heavy atom. The minimum atomic E-state index is -1.02. The van der Waals surface area contributed by atoms with Crippen molar-refractivity contribution in [3.05, 3.63) is 59.4 Å². The molecule has 0 radical (unpaired) electrons. The van der Waals surface area contributed by atoms with Gasteiger partial charge in [-0.25, -0.2) is 9.78 Å². The second-order valence-electron chi connectivity index (χ2n) is 7.10. The maximum absolute atomic E-state index is 11.2. The highest BCUT2D eigenvalue weighted by atomic mass is 32.1. The zero-order valence-corrected chi connectivity index (χ0v) is 16.8. The standard InChI is InChI=1S/C21H22N4O2S/c1-13(2)15-10-16(12-25-14(3)9-17(23-25)20(26)27)19-18(11-15)28-21(22-19)24-7-5-4-6-8-24/h4-5,9-11H,1,6-8,12H2,2-3H3,(H,26,27). The highest BCUT2D eigenvalue weighted by Gasteiger charge is 2.18. The van der Waals surface area contributed by atoms with Gasteiger partial charge >= 0.3 is 5.97 Å².